The van der Waals surface area contributed by atoms with Gasteiger partial charge >= 0.3 is 0 Å². The van der Waals surface area contributed by atoms with Gasteiger partial charge in [-0.05, 0) is 114 Å². The van der Waals surface area contributed by atoms with Crippen LogP contribution in [-0.2, 0) is 0 Å². The highest BCUT2D eigenvalue weighted by molar-refractivity contribution is 7.03. The van der Waals surface area contributed by atoms with E-state index in [-0.39, 0.29) is 23.0 Å². The van der Waals surface area contributed by atoms with Gasteiger partial charge < -0.3 is 8.83 Å². The van der Waals surface area contributed by atoms with E-state index in [9.17, 15) is 5.26 Å². The first-order chi connectivity index (χ1) is 30.6. The molecule has 4 heterocycles. The Hall–Kier alpha value is -5.69. The van der Waals surface area contributed by atoms with Crippen molar-refractivity contribution in [2.24, 2.45) is 0 Å². The number of rotatable bonds is 5. The average molecular weight is 812 g/mol. The van der Waals surface area contributed by atoms with Gasteiger partial charge in [-0.2, -0.15) is 5.26 Å². The number of para-hydroxylation sites is 1. The smallest absolute Gasteiger partial charge is 0.149 e. The van der Waals surface area contributed by atoms with Crippen LogP contribution in [0.5, 0.6) is 0 Å². The number of nitriles is 1. The van der Waals surface area contributed by atoms with Crippen LogP contribution in [0.25, 0.3) is 83.1 Å². The Balaban J connectivity index is 1.30. The molecule has 0 unspecified atom stereocenters. The van der Waals surface area contributed by atoms with Gasteiger partial charge in [0.25, 0.3) is 0 Å². The van der Waals surface area contributed by atoms with Crippen LogP contribution in [0, 0.1) is 25.0 Å². The summed E-state index contributed by atoms with van der Waals surface area (Å²) >= 11 is 0. The van der Waals surface area contributed by atoms with E-state index < -0.39 is 29.9 Å². The molecule has 10 rings (SSSR count). The molecular weight excluding hydrogens is 755 g/mol. The predicted octanol–water partition coefficient (Wildman–Crippen LogP) is 13.7. The maximum Gasteiger partial charge on any atom is 0.149 e. The van der Waals surface area contributed by atoms with E-state index in [4.69, 9.17) is 22.0 Å². The Morgan fingerprint density at radius 2 is 1.39 bits per heavy atom. The molecule has 9 aromatic rings. The Kier molecular flexibility index (Phi) is 6.97. The van der Waals surface area contributed by atoms with Crippen molar-refractivity contribution < 1.29 is 17.1 Å². The lowest BCUT2D eigenvalue weighted by atomic mass is 9.88. The minimum Gasteiger partial charge on any atom is -0.456 e. The van der Waals surface area contributed by atoms with Crippen LogP contribution in [0.4, 0.5) is 0 Å². The molecule has 0 fully saturated rings. The molecule has 0 aliphatic carbocycles. The van der Waals surface area contributed by atoms with Crippen molar-refractivity contribution in [2.45, 2.75) is 91.5 Å². The molecule has 0 saturated heterocycles. The van der Waals surface area contributed by atoms with Crippen LogP contribution in [0.2, 0.25) is 38.3 Å². The molecule has 1 aliphatic heterocycles. The number of hydrogen-bond acceptors (Lipinski definition) is 4. The van der Waals surface area contributed by atoms with E-state index in [1.54, 1.807) is 46.8 Å². The van der Waals surface area contributed by atoms with E-state index in [0.29, 0.717) is 61.1 Å². The summed E-state index contributed by atoms with van der Waals surface area (Å²) in [7, 11) is -3.21. The van der Waals surface area contributed by atoms with Crippen LogP contribution in [0.3, 0.4) is 0 Å². The predicted molar refractivity (Wildman–Crippen MR) is 253 cm³/mol. The number of nitrogens with zero attached hydrogens (tertiary/aromatic N) is 3. The quantitative estimate of drug-likeness (QED) is 0.162. The lowest BCUT2D eigenvalue weighted by Crippen LogP contribution is -2.63. The van der Waals surface area contributed by atoms with Crippen molar-refractivity contribution in [3.8, 4) is 34.3 Å². The highest BCUT2D eigenvalue weighted by Crippen LogP contribution is 2.45. The molecular formula is C52H51N3O2Si2. The van der Waals surface area contributed by atoms with Crippen molar-refractivity contribution >= 4 is 81.4 Å². The number of hydrogen-bond donors (Lipinski definition) is 0. The fraction of sp³-hybridized carbons (Fsp3) is 0.269. The summed E-state index contributed by atoms with van der Waals surface area (Å²) in [4.78, 5) is 5.28. The second-order valence-electron chi connectivity index (χ2n) is 18.5. The van der Waals surface area contributed by atoms with E-state index in [0.717, 1.165) is 33.2 Å². The second kappa shape index (κ2) is 13.2. The number of fused-ring (bicyclic) bond motifs is 8. The topological polar surface area (TPSA) is 67.9 Å². The van der Waals surface area contributed by atoms with Gasteiger partial charge in [0.15, 0.2) is 0 Å². The molecule has 3 aromatic heterocycles. The summed E-state index contributed by atoms with van der Waals surface area (Å²) in [6.07, 6.45) is 0. The number of benzene rings is 6. The Bertz CT molecular complexity index is 3480. The molecule has 0 atom stereocenters. The SMILES string of the molecule is [2H]C([2H])([2H])c1ccc(-c2nc3cccc(C([2H])([2H])[2H])c3n2-c2c(C(C)C)cc(-c3ccc4c(c3)[Si](C)(C)CC[Si]4(C)C)cc2C(C)C)c2oc3cc4c(cc3c12)oc1cc(C#N)ccc14. The highest BCUT2D eigenvalue weighted by Gasteiger charge is 2.39. The molecule has 0 spiro atoms. The lowest BCUT2D eigenvalue weighted by Gasteiger charge is -2.40. The summed E-state index contributed by atoms with van der Waals surface area (Å²) < 4.78 is 67.7. The number of imidazole rings is 1. The maximum absolute atomic E-state index is 9.55. The maximum atomic E-state index is 9.55. The molecule has 1 aliphatic rings. The van der Waals surface area contributed by atoms with E-state index >= 15 is 0 Å². The van der Waals surface area contributed by atoms with Gasteiger partial charge in [-0.3, -0.25) is 4.57 Å². The first-order valence-corrected chi connectivity index (χ1v) is 27.1. The first kappa shape index (κ1) is 31.3. The second-order valence-corrected chi connectivity index (χ2v) is 28.1. The van der Waals surface area contributed by atoms with Crippen molar-refractivity contribution in [1.82, 2.24) is 9.55 Å². The normalized spacial score (nSPS) is 17.0. The fourth-order valence-electron chi connectivity index (χ4n) is 9.67. The summed E-state index contributed by atoms with van der Waals surface area (Å²) in [6.45, 7) is 13.7. The van der Waals surface area contributed by atoms with Crippen LogP contribution in [0.1, 0.15) is 75.6 Å². The Morgan fingerprint density at radius 3 is 2.10 bits per heavy atom. The summed E-state index contributed by atoms with van der Waals surface area (Å²) in [5.74, 6) is 0.475. The van der Waals surface area contributed by atoms with Crippen molar-refractivity contribution in [3.05, 3.63) is 119 Å². The minimum absolute atomic E-state index is 0.0149. The minimum atomic E-state index is -2.51. The zero-order valence-corrected chi connectivity index (χ0v) is 36.9. The highest BCUT2D eigenvalue weighted by atomic mass is 28.3. The standard InChI is InChI=1S/C52H51N3O2Si2/c1-29(2)38-23-35(34-16-19-46-47(25-34)59(9,10)21-20-58(46,7)8)24-39(30(3)4)50(38)55-49-32(6)12-11-13-42(49)54-52(55)37-17-14-31(5)48-41-27-44-40(26-45(41)57-51(37)48)36-18-15-33(28-53)22-43(36)56-44/h11-19,22-27,29-30H,20-21H2,1-10H3/i5D3,6D3. The van der Waals surface area contributed by atoms with Crippen LogP contribution in [0.15, 0.2) is 99.8 Å². The van der Waals surface area contributed by atoms with Gasteiger partial charge in [-0.25, -0.2) is 4.98 Å². The van der Waals surface area contributed by atoms with E-state index in [1.165, 1.54) is 17.7 Å². The van der Waals surface area contributed by atoms with Gasteiger partial charge in [0, 0.05) is 29.8 Å². The zero-order valence-electron chi connectivity index (χ0n) is 40.9. The van der Waals surface area contributed by atoms with Crippen molar-refractivity contribution in [3.63, 3.8) is 0 Å². The summed E-state index contributed by atoms with van der Waals surface area (Å²) in [6, 6.07) is 34.2. The molecule has 7 heteroatoms. The van der Waals surface area contributed by atoms with Gasteiger partial charge in [-0.1, -0.05) is 113 Å². The molecule has 0 amide bonds. The van der Waals surface area contributed by atoms with E-state index in [1.807, 2.05) is 28.8 Å². The average Bonchev–Trinajstić information content (AvgIpc) is 3.93. The van der Waals surface area contributed by atoms with Gasteiger partial charge in [0.2, 0.25) is 0 Å². The molecule has 294 valence electrons. The number of furan rings is 2. The summed E-state index contributed by atoms with van der Waals surface area (Å²) in [5.41, 5.74) is 9.37. The van der Waals surface area contributed by atoms with Crippen molar-refractivity contribution in [1.29, 1.82) is 5.26 Å². The van der Waals surface area contributed by atoms with E-state index in [2.05, 4.69) is 90.3 Å². The van der Waals surface area contributed by atoms with Crippen LogP contribution < -0.4 is 10.4 Å². The first-order valence-electron chi connectivity index (χ1n) is 23.7. The van der Waals surface area contributed by atoms with Crippen LogP contribution in [-0.4, -0.2) is 25.7 Å². The molecule has 0 N–H and O–H groups in total. The Labute approximate surface area is 356 Å². The zero-order chi connectivity index (χ0) is 46.3. The third-order valence-electron chi connectivity index (χ3n) is 13.1. The van der Waals surface area contributed by atoms with Gasteiger partial charge in [0.05, 0.1) is 50.1 Å². The van der Waals surface area contributed by atoms with Crippen LogP contribution >= 0.6 is 0 Å². The molecule has 5 nitrogen and oxygen atoms in total. The third-order valence-corrected chi connectivity index (χ3v) is 20.6. The van der Waals surface area contributed by atoms with Gasteiger partial charge in [-0.15, -0.1) is 0 Å². The fourth-order valence-corrected chi connectivity index (χ4v) is 19.9. The van der Waals surface area contributed by atoms with Gasteiger partial charge in [0.1, 0.15) is 28.2 Å². The molecule has 0 saturated carbocycles. The number of aryl methyl sites for hydroxylation is 2. The molecule has 6 aromatic carbocycles. The number of aromatic nitrogens is 2. The van der Waals surface area contributed by atoms with Crippen molar-refractivity contribution in [2.75, 3.05) is 0 Å². The monoisotopic (exact) mass is 811 g/mol. The summed E-state index contributed by atoms with van der Waals surface area (Å²) in [5, 5.41) is 15.2. The molecule has 0 bridgehead atoms. The Morgan fingerprint density at radius 1 is 0.695 bits per heavy atom. The largest absolute Gasteiger partial charge is 0.456 e. The third kappa shape index (κ3) is 5.71. The molecule has 59 heavy (non-hydrogen) atoms. The lowest BCUT2D eigenvalue weighted by molar-refractivity contribution is 0.664. The molecule has 0 radical (unpaired) electrons.